The first-order valence-electron chi connectivity index (χ1n) is 7.10. The van der Waals surface area contributed by atoms with E-state index in [4.69, 9.17) is 4.74 Å². The number of aryl methyl sites for hydroxylation is 1. The molecule has 2 aromatic carbocycles. The van der Waals surface area contributed by atoms with E-state index in [2.05, 4.69) is 11.4 Å². The number of hydrogen-bond acceptors (Lipinski definition) is 3. The molecule has 0 atom stereocenters. The molecule has 0 aliphatic heterocycles. The maximum Gasteiger partial charge on any atom is 0.124 e. The smallest absolute Gasteiger partial charge is 0.124 e. The summed E-state index contributed by atoms with van der Waals surface area (Å²) in [5.74, 6) is 0.881. The maximum absolute atomic E-state index is 9.26. The molecule has 0 aliphatic carbocycles. The number of ether oxygens (including phenoxy) is 1. The predicted octanol–water partition coefficient (Wildman–Crippen LogP) is 4.27. The third-order valence-electron chi connectivity index (χ3n) is 3.19. The van der Waals surface area contributed by atoms with Crippen molar-refractivity contribution >= 4 is 5.69 Å². The first kappa shape index (κ1) is 14.9. The summed E-state index contributed by atoms with van der Waals surface area (Å²) in [5.41, 5.74) is 3.61. The molecule has 21 heavy (non-hydrogen) atoms. The van der Waals surface area contributed by atoms with Gasteiger partial charge in [0.1, 0.15) is 11.8 Å². The van der Waals surface area contributed by atoms with Crippen LogP contribution in [0.1, 0.15) is 30.5 Å². The third-order valence-corrected chi connectivity index (χ3v) is 3.19. The van der Waals surface area contributed by atoms with Crippen LogP contribution in [0.2, 0.25) is 0 Å². The minimum absolute atomic E-state index is 0.139. The fraction of sp³-hybridized carbons (Fsp3) is 0.278. The summed E-state index contributed by atoms with van der Waals surface area (Å²) >= 11 is 0. The van der Waals surface area contributed by atoms with Gasteiger partial charge in [-0.1, -0.05) is 30.3 Å². The molecule has 0 aliphatic rings. The molecule has 108 valence electrons. The van der Waals surface area contributed by atoms with Crippen molar-refractivity contribution in [3.63, 3.8) is 0 Å². The van der Waals surface area contributed by atoms with Crippen molar-refractivity contribution in [2.75, 3.05) is 5.32 Å². The van der Waals surface area contributed by atoms with Crippen LogP contribution in [0, 0.1) is 18.3 Å². The summed E-state index contributed by atoms with van der Waals surface area (Å²) in [4.78, 5) is 0. The summed E-state index contributed by atoms with van der Waals surface area (Å²) in [6.45, 7) is 6.59. The Hall–Kier alpha value is -2.47. The molecular weight excluding hydrogens is 260 g/mol. The lowest BCUT2D eigenvalue weighted by Gasteiger charge is -2.15. The Labute approximate surface area is 126 Å². The summed E-state index contributed by atoms with van der Waals surface area (Å²) in [6.07, 6.45) is 0.139. The predicted molar refractivity (Wildman–Crippen MR) is 85.4 cm³/mol. The van der Waals surface area contributed by atoms with Crippen molar-refractivity contribution in [3.8, 4) is 11.8 Å². The molecule has 1 N–H and O–H groups in total. The second-order valence-corrected chi connectivity index (χ2v) is 5.24. The molecule has 2 rings (SSSR count). The van der Waals surface area contributed by atoms with Crippen LogP contribution < -0.4 is 10.1 Å². The highest BCUT2D eigenvalue weighted by Gasteiger charge is 2.07. The Morgan fingerprint density at radius 3 is 2.62 bits per heavy atom. The van der Waals surface area contributed by atoms with Gasteiger partial charge < -0.3 is 10.1 Å². The lowest BCUT2D eigenvalue weighted by atomic mass is 10.1. The molecule has 0 amide bonds. The second-order valence-electron chi connectivity index (χ2n) is 5.24. The average Bonchev–Trinajstić information content (AvgIpc) is 2.46. The number of anilines is 1. The van der Waals surface area contributed by atoms with Gasteiger partial charge in [-0.05, 0) is 38.5 Å². The lowest BCUT2D eigenvalue weighted by molar-refractivity contribution is 0.240. The van der Waals surface area contributed by atoms with Crippen LogP contribution in [-0.4, -0.2) is 6.10 Å². The van der Waals surface area contributed by atoms with E-state index in [1.807, 2.05) is 63.2 Å². The highest BCUT2D eigenvalue weighted by Crippen LogP contribution is 2.23. The molecule has 0 heterocycles. The fourth-order valence-corrected chi connectivity index (χ4v) is 2.17. The summed E-state index contributed by atoms with van der Waals surface area (Å²) in [6, 6.07) is 16.0. The van der Waals surface area contributed by atoms with Gasteiger partial charge in [0.2, 0.25) is 0 Å². The first-order chi connectivity index (χ1) is 10.1. The quantitative estimate of drug-likeness (QED) is 0.889. The Kier molecular flexibility index (Phi) is 4.84. The van der Waals surface area contributed by atoms with E-state index >= 15 is 0 Å². The van der Waals surface area contributed by atoms with E-state index < -0.39 is 0 Å². The molecule has 0 spiro atoms. The Morgan fingerprint density at radius 2 is 1.90 bits per heavy atom. The van der Waals surface area contributed by atoms with Gasteiger partial charge in [0.05, 0.1) is 17.4 Å². The minimum Gasteiger partial charge on any atom is -0.491 e. The monoisotopic (exact) mass is 280 g/mol. The van der Waals surface area contributed by atoms with Gasteiger partial charge in [0.15, 0.2) is 0 Å². The van der Waals surface area contributed by atoms with Crippen molar-refractivity contribution in [3.05, 3.63) is 59.2 Å². The molecule has 0 saturated heterocycles. The molecule has 0 aromatic heterocycles. The van der Waals surface area contributed by atoms with Gasteiger partial charge >= 0.3 is 0 Å². The van der Waals surface area contributed by atoms with Gasteiger partial charge in [-0.25, -0.2) is 0 Å². The van der Waals surface area contributed by atoms with Crippen LogP contribution in [0.25, 0.3) is 0 Å². The van der Waals surface area contributed by atoms with Crippen molar-refractivity contribution in [2.24, 2.45) is 0 Å². The van der Waals surface area contributed by atoms with Crippen molar-refractivity contribution in [2.45, 2.75) is 33.4 Å². The first-order valence-corrected chi connectivity index (χ1v) is 7.10. The minimum atomic E-state index is 0.139. The topological polar surface area (TPSA) is 45.0 Å². The maximum atomic E-state index is 9.26. The molecule has 0 radical (unpaired) electrons. The number of nitriles is 1. The fourth-order valence-electron chi connectivity index (χ4n) is 2.17. The van der Waals surface area contributed by atoms with E-state index in [9.17, 15) is 5.26 Å². The summed E-state index contributed by atoms with van der Waals surface area (Å²) in [7, 11) is 0. The van der Waals surface area contributed by atoms with Gasteiger partial charge in [0.25, 0.3) is 0 Å². The van der Waals surface area contributed by atoms with E-state index in [1.165, 1.54) is 0 Å². The van der Waals surface area contributed by atoms with E-state index in [-0.39, 0.29) is 6.10 Å². The summed E-state index contributed by atoms with van der Waals surface area (Å²) in [5, 5.41) is 12.6. The Balaban J connectivity index is 2.18. The molecular formula is C18H20N2O. The van der Waals surface area contributed by atoms with E-state index in [1.54, 1.807) is 0 Å². The average molecular weight is 280 g/mol. The largest absolute Gasteiger partial charge is 0.491 e. The molecule has 2 aromatic rings. The summed E-state index contributed by atoms with van der Waals surface area (Å²) < 4.78 is 5.81. The van der Waals surface area contributed by atoms with Crippen LogP contribution >= 0.6 is 0 Å². The number of hydrogen-bond donors (Lipinski definition) is 1. The zero-order chi connectivity index (χ0) is 15.2. The Morgan fingerprint density at radius 1 is 1.14 bits per heavy atom. The molecule has 0 unspecified atom stereocenters. The van der Waals surface area contributed by atoms with Crippen LogP contribution in [0.3, 0.4) is 0 Å². The number of para-hydroxylation sites is 1. The molecule has 0 saturated carbocycles. The molecule has 3 nitrogen and oxygen atoms in total. The van der Waals surface area contributed by atoms with Crippen LogP contribution in [0.4, 0.5) is 5.69 Å². The van der Waals surface area contributed by atoms with Gasteiger partial charge in [0, 0.05) is 12.1 Å². The molecule has 0 fully saturated rings. The van der Waals surface area contributed by atoms with Crippen LogP contribution in [-0.2, 0) is 6.54 Å². The van der Waals surface area contributed by atoms with Crippen LogP contribution in [0.5, 0.6) is 5.75 Å². The number of nitrogens with zero attached hydrogens (tertiary/aromatic N) is 1. The van der Waals surface area contributed by atoms with Gasteiger partial charge in [-0.15, -0.1) is 0 Å². The molecule has 0 bridgehead atoms. The van der Waals surface area contributed by atoms with Gasteiger partial charge in [-0.3, -0.25) is 0 Å². The Bertz CT molecular complexity index is 657. The normalized spacial score (nSPS) is 10.2. The van der Waals surface area contributed by atoms with Crippen molar-refractivity contribution in [1.82, 2.24) is 0 Å². The lowest BCUT2D eigenvalue weighted by Crippen LogP contribution is -2.09. The SMILES string of the molecule is Cc1cccc(NCc2ccccc2OC(C)C)c1C#N. The standard InChI is InChI=1S/C18H20N2O/c1-13(2)21-18-10-5-4-8-15(18)12-20-17-9-6-7-14(3)16(17)11-19/h4-10,13,20H,12H2,1-3H3. The third kappa shape index (κ3) is 3.76. The highest BCUT2D eigenvalue weighted by atomic mass is 16.5. The van der Waals surface area contributed by atoms with Gasteiger partial charge in [-0.2, -0.15) is 5.26 Å². The van der Waals surface area contributed by atoms with Crippen LogP contribution in [0.15, 0.2) is 42.5 Å². The second kappa shape index (κ2) is 6.81. The zero-order valence-electron chi connectivity index (χ0n) is 12.7. The van der Waals surface area contributed by atoms with E-state index in [0.717, 1.165) is 22.6 Å². The van der Waals surface area contributed by atoms with E-state index in [0.29, 0.717) is 12.1 Å². The number of benzene rings is 2. The molecule has 3 heteroatoms. The number of nitrogens with one attached hydrogen (secondary N) is 1. The van der Waals surface area contributed by atoms with Crippen molar-refractivity contribution in [1.29, 1.82) is 5.26 Å². The highest BCUT2D eigenvalue weighted by molar-refractivity contribution is 5.61. The number of rotatable bonds is 5. The van der Waals surface area contributed by atoms with Crippen molar-refractivity contribution < 1.29 is 4.74 Å². The zero-order valence-corrected chi connectivity index (χ0v) is 12.7.